The summed E-state index contributed by atoms with van der Waals surface area (Å²) >= 11 is 3.34. The number of ether oxygens (including phenoxy) is 2. The number of halogens is 1. The molecule has 0 aliphatic carbocycles. The van der Waals surface area contributed by atoms with Crippen LogP contribution in [0.1, 0.15) is 5.69 Å². The average Bonchev–Trinajstić information content (AvgIpc) is 2.43. The molecule has 0 spiro atoms. The molecule has 0 unspecified atom stereocenters. The van der Waals surface area contributed by atoms with Gasteiger partial charge in [0.05, 0.1) is 29.9 Å². The molecule has 2 N–H and O–H groups in total. The van der Waals surface area contributed by atoms with Crippen molar-refractivity contribution in [3.63, 3.8) is 0 Å². The summed E-state index contributed by atoms with van der Waals surface area (Å²) < 4.78 is 11.3. The Morgan fingerprint density at radius 1 is 1.16 bits per heavy atom. The van der Waals surface area contributed by atoms with E-state index in [0.717, 1.165) is 11.3 Å². The number of hydrogen-bond acceptors (Lipinski definition) is 5. The third-order valence-electron chi connectivity index (χ3n) is 2.69. The Hall–Kier alpha value is -1.82. The second kappa shape index (κ2) is 5.44. The summed E-state index contributed by atoms with van der Waals surface area (Å²) in [7, 11) is 3.17. The van der Waals surface area contributed by atoms with Crippen molar-refractivity contribution in [1.29, 1.82) is 0 Å². The fourth-order valence-electron chi connectivity index (χ4n) is 1.77. The molecule has 0 saturated carbocycles. The van der Waals surface area contributed by atoms with Crippen LogP contribution in [0.5, 0.6) is 11.5 Å². The number of aryl methyl sites for hydroxylation is 1. The van der Waals surface area contributed by atoms with E-state index in [1.54, 1.807) is 14.2 Å². The van der Waals surface area contributed by atoms with Gasteiger partial charge in [0.2, 0.25) is 0 Å². The second-order valence-corrected chi connectivity index (χ2v) is 4.67. The number of hydrogen-bond donors (Lipinski definition) is 1. The Bertz CT molecular complexity index is 594. The SMILES string of the molecule is COc1cccc(-c2nc(C)c(Br)c(N)n2)c1OC. The summed E-state index contributed by atoms with van der Waals surface area (Å²) in [6.45, 7) is 1.86. The van der Waals surface area contributed by atoms with E-state index < -0.39 is 0 Å². The van der Waals surface area contributed by atoms with Crippen molar-refractivity contribution in [2.24, 2.45) is 0 Å². The van der Waals surface area contributed by atoms with Crippen molar-refractivity contribution in [3.8, 4) is 22.9 Å². The summed E-state index contributed by atoms with van der Waals surface area (Å²) in [6, 6.07) is 5.54. The molecule has 0 fully saturated rings. The van der Waals surface area contributed by atoms with Crippen LogP contribution in [0.3, 0.4) is 0 Å². The monoisotopic (exact) mass is 323 g/mol. The van der Waals surface area contributed by atoms with Crippen LogP contribution in [0.4, 0.5) is 5.82 Å². The van der Waals surface area contributed by atoms with Gasteiger partial charge < -0.3 is 15.2 Å². The van der Waals surface area contributed by atoms with E-state index >= 15 is 0 Å². The molecule has 100 valence electrons. The molecular weight excluding hydrogens is 310 g/mol. The third-order valence-corrected chi connectivity index (χ3v) is 3.67. The molecular formula is C13H14BrN3O2. The van der Waals surface area contributed by atoms with Crippen molar-refractivity contribution in [2.75, 3.05) is 20.0 Å². The zero-order valence-electron chi connectivity index (χ0n) is 10.9. The Morgan fingerprint density at radius 2 is 1.89 bits per heavy atom. The summed E-state index contributed by atoms with van der Waals surface area (Å²) in [6.07, 6.45) is 0. The molecule has 0 amide bonds. The van der Waals surface area contributed by atoms with E-state index in [1.165, 1.54) is 0 Å². The zero-order valence-corrected chi connectivity index (χ0v) is 12.5. The highest BCUT2D eigenvalue weighted by atomic mass is 79.9. The largest absolute Gasteiger partial charge is 0.493 e. The van der Waals surface area contributed by atoms with Crippen molar-refractivity contribution >= 4 is 21.7 Å². The number of para-hydroxylation sites is 1. The molecule has 0 radical (unpaired) electrons. The second-order valence-electron chi connectivity index (χ2n) is 3.87. The number of aromatic nitrogens is 2. The van der Waals surface area contributed by atoms with Gasteiger partial charge >= 0.3 is 0 Å². The van der Waals surface area contributed by atoms with Crippen LogP contribution < -0.4 is 15.2 Å². The van der Waals surface area contributed by atoms with Crippen LogP contribution in [-0.4, -0.2) is 24.2 Å². The van der Waals surface area contributed by atoms with Gasteiger partial charge in [-0.15, -0.1) is 0 Å². The predicted molar refractivity (Wildman–Crippen MR) is 77.4 cm³/mol. The van der Waals surface area contributed by atoms with E-state index in [2.05, 4.69) is 25.9 Å². The minimum Gasteiger partial charge on any atom is -0.493 e. The Labute approximate surface area is 119 Å². The molecule has 1 aromatic carbocycles. The lowest BCUT2D eigenvalue weighted by molar-refractivity contribution is 0.356. The van der Waals surface area contributed by atoms with Gasteiger partial charge in [0.15, 0.2) is 17.3 Å². The number of anilines is 1. The normalized spacial score (nSPS) is 10.3. The minimum atomic E-state index is 0.396. The van der Waals surface area contributed by atoms with Gasteiger partial charge in [-0.05, 0) is 35.0 Å². The molecule has 2 aromatic rings. The van der Waals surface area contributed by atoms with Gasteiger partial charge in [-0.2, -0.15) is 0 Å². The summed E-state index contributed by atoms with van der Waals surface area (Å²) in [5, 5.41) is 0. The van der Waals surface area contributed by atoms with E-state index in [4.69, 9.17) is 15.2 Å². The first-order valence-electron chi connectivity index (χ1n) is 5.59. The number of methoxy groups -OCH3 is 2. The van der Waals surface area contributed by atoms with Gasteiger partial charge in [-0.1, -0.05) is 6.07 Å². The quantitative estimate of drug-likeness (QED) is 0.940. The summed E-state index contributed by atoms with van der Waals surface area (Å²) in [4.78, 5) is 8.69. The molecule has 0 aliphatic heterocycles. The van der Waals surface area contributed by atoms with Gasteiger partial charge in [0.1, 0.15) is 5.82 Å². The number of benzene rings is 1. The van der Waals surface area contributed by atoms with Crippen LogP contribution in [0.2, 0.25) is 0 Å². The maximum Gasteiger partial charge on any atom is 0.171 e. The van der Waals surface area contributed by atoms with Gasteiger partial charge in [0.25, 0.3) is 0 Å². The number of nitrogen functional groups attached to an aromatic ring is 1. The number of nitrogens with zero attached hydrogens (tertiary/aromatic N) is 2. The van der Waals surface area contributed by atoms with Crippen LogP contribution in [0.15, 0.2) is 22.7 Å². The highest BCUT2D eigenvalue weighted by molar-refractivity contribution is 9.10. The first-order chi connectivity index (χ1) is 9.08. The van der Waals surface area contributed by atoms with E-state index in [-0.39, 0.29) is 0 Å². The van der Waals surface area contributed by atoms with Gasteiger partial charge in [0, 0.05) is 0 Å². The first kappa shape index (κ1) is 13.6. The standard InChI is InChI=1S/C13H14BrN3O2/c1-7-10(14)12(15)17-13(16-7)8-5-4-6-9(18-2)11(8)19-3/h4-6H,1-3H3,(H2,15,16,17). The van der Waals surface area contributed by atoms with Crippen LogP contribution in [0, 0.1) is 6.92 Å². The Balaban J connectivity index is 2.65. The number of rotatable bonds is 3. The molecule has 19 heavy (non-hydrogen) atoms. The fourth-order valence-corrected chi connectivity index (χ4v) is 1.94. The molecule has 0 saturated heterocycles. The molecule has 2 rings (SSSR count). The average molecular weight is 324 g/mol. The lowest BCUT2D eigenvalue weighted by Gasteiger charge is -2.12. The van der Waals surface area contributed by atoms with Crippen molar-refractivity contribution in [1.82, 2.24) is 9.97 Å². The van der Waals surface area contributed by atoms with E-state index in [9.17, 15) is 0 Å². The molecule has 0 aliphatic rings. The highest BCUT2D eigenvalue weighted by Crippen LogP contribution is 2.37. The maximum absolute atomic E-state index is 5.85. The van der Waals surface area contributed by atoms with Crippen LogP contribution >= 0.6 is 15.9 Å². The van der Waals surface area contributed by atoms with Gasteiger partial charge in [-0.25, -0.2) is 9.97 Å². The molecule has 5 nitrogen and oxygen atoms in total. The maximum atomic E-state index is 5.85. The zero-order chi connectivity index (χ0) is 14.0. The molecule has 1 heterocycles. The highest BCUT2D eigenvalue weighted by Gasteiger charge is 2.15. The van der Waals surface area contributed by atoms with Crippen molar-refractivity contribution in [3.05, 3.63) is 28.4 Å². The fraction of sp³-hybridized carbons (Fsp3) is 0.231. The van der Waals surface area contributed by atoms with Crippen molar-refractivity contribution in [2.45, 2.75) is 6.92 Å². The molecule has 0 bridgehead atoms. The Kier molecular flexibility index (Phi) is 3.90. The van der Waals surface area contributed by atoms with E-state index in [0.29, 0.717) is 27.6 Å². The molecule has 6 heteroatoms. The number of nitrogens with two attached hydrogens (primary N) is 1. The smallest absolute Gasteiger partial charge is 0.171 e. The first-order valence-corrected chi connectivity index (χ1v) is 6.38. The lowest BCUT2D eigenvalue weighted by atomic mass is 10.1. The topological polar surface area (TPSA) is 70.3 Å². The molecule has 0 atom stereocenters. The third kappa shape index (κ3) is 2.49. The van der Waals surface area contributed by atoms with Gasteiger partial charge in [-0.3, -0.25) is 0 Å². The van der Waals surface area contributed by atoms with E-state index in [1.807, 2.05) is 25.1 Å². The summed E-state index contributed by atoms with van der Waals surface area (Å²) in [5.74, 6) is 2.12. The minimum absolute atomic E-state index is 0.396. The van der Waals surface area contributed by atoms with Crippen LogP contribution in [-0.2, 0) is 0 Å². The van der Waals surface area contributed by atoms with Crippen LogP contribution in [0.25, 0.3) is 11.4 Å². The molecule has 1 aromatic heterocycles. The lowest BCUT2D eigenvalue weighted by Crippen LogP contribution is -2.01. The van der Waals surface area contributed by atoms with Crippen molar-refractivity contribution < 1.29 is 9.47 Å². The predicted octanol–water partition coefficient (Wildman–Crippen LogP) is 2.81. The summed E-state index contributed by atoms with van der Waals surface area (Å²) in [5.41, 5.74) is 7.36. The Morgan fingerprint density at radius 3 is 2.47 bits per heavy atom.